The highest BCUT2D eigenvalue weighted by molar-refractivity contribution is 6.19. The normalized spacial score (nSPS) is 13.3. The summed E-state index contributed by atoms with van der Waals surface area (Å²) >= 11 is 4.20. The first kappa shape index (κ1) is 10.1. The zero-order chi connectivity index (χ0) is 5.15. The molecule has 0 radical (unpaired) electrons. The van der Waals surface area contributed by atoms with Crippen molar-refractivity contribution in [2.45, 2.75) is 12.1 Å². The third-order valence-electron chi connectivity index (χ3n) is 0.190. The summed E-state index contributed by atoms with van der Waals surface area (Å²) in [5.41, 5.74) is -2.51. The quantitative estimate of drug-likeness (QED) is 0.384. The molecule has 5 heteroatoms. The van der Waals surface area contributed by atoms with Crippen molar-refractivity contribution in [1.29, 1.82) is 0 Å². The van der Waals surface area contributed by atoms with Crippen molar-refractivity contribution in [3.63, 3.8) is 0 Å². The summed E-state index contributed by atoms with van der Waals surface area (Å²) < 4.78 is 32.1. The Morgan fingerprint density at radius 1 is 1.14 bits per heavy atom. The van der Waals surface area contributed by atoms with Crippen molar-refractivity contribution >= 4 is 11.6 Å². The molecule has 0 aromatic heterocycles. The summed E-state index contributed by atoms with van der Waals surface area (Å²) in [6.45, 7) is 0. The first-order valence-electron chi connectivity index (χ1n) is 1.21. The van der Waals surface area contributed by atoms with Gasteiger partial charge in [0.2, 0.25) is 5.63 Å². The number of rotatable bonds is 1. The second kappa shape index (κ2) is 4.18. The highest BCUT2D eigenvalue weighted by Crippen LogP contribution is 2.07. The Bertz CT molecular complexity index is 30.7. The molecule has 0 N–H and O–H groups in total. The lowest BCUT2D eigenvalue weighted by atomic mass is 10.8. The predicted octanol–water partition coefficient (Wildman–Crippen LogP) is 1.94. The molecule has 0 nitrogen and oxygen atoms in total. The molecular weight excluding hydrogens is 135 g/mol. The second-order valence-corrected chi connectivity index (χ2v) is 1.09. The van der Waals surface area contributed by atoms with Gasteiger partial charge < -0.3 is 0 Å². The zero-order valence-electron chi connectivity index (χ0n) is 3.07. The smallest absolute Gasteiger partial charge is 0.269 e. The molecule has 0 amide bonds. The maximum Gasteiger partial charge on any atom is 0.283 e. The second-order valence-electron chi connectivity index (χ2n) is 0.669. The molecule has 0 bridgehead atoms. The van der Waals surface area contributed by atoms with Crippen LogP contribution >= 0.6 is 11.6 Å². The van der Waals surface area contributed by atoms with Gasteiger partial charge in [-0.05, 0) is 0 Å². The van der Waals surface area contributed by atoms with Gasteiger partial charge in [0, 0.05) is 0 Å². The summed E-state index contributed by atoms with van der Waals surface area (Å²) in [7, 11) is 0. The average molecular weight is 138 g/mol. The van der Waals surface area contributed by atoms with Gasteiger partial charge in [0.25, 0.3) is 6.43 Å². The number of halogens is 5. The van der Waals surface area contributed by atoms with Crippen LogP contribution in [-0.2, 0) is 0 Å². The van der Waals surface area contributed by atoms with E-state index in [0.717, 1.165) is 0 Å². The van der Waals surface area contributed by atoms with Crippen LogP contribution in [0.25, 0.3) is 0 Å². The van der Waals surface area contributed by atoms with Gasteiger partial charge in [0.1, 0.15) is 0 Å². The minimum atomic E-state index is -3.05. The van der Waals surface area contributed by atoms with E-state index < -0.39 is 12.1 Å². The zero-order valence-corrected chi connectivity index (χ0v) is 3.83. The van der Waals surface area contributed by atoms with Crippen LogP contribution in [0.5, 0.6) is 0 Å². The lowest BCUT2D eigenvalue weighted by Gasteiger charge is -1.90. The minimum Gasteiger partial charge on any atom is -0.269 e. The van der Waals surface area contributed by atoms with E-state index >= 15 is 0 Å². The van der Waals surface area contributed by atoms with Crippen molar-refractivity contribution < 1.29 is 17.9 Å². The maximum atomic E-state index is 10.8. The number of hydrogen-bond donors (Lipinski definition) is 0. The Kier molecular flexibility index (Phi) is 6.02. The largest absolute Gasteiger partial charge is 0.283 e. The standard InChI is InChI=1S/C2H2ClF3.FH/c3-1(4)2(5)6;/h1-2H;1H. The molecule has 0 aliphatic heterocycles. The van der Waals surface area contributed by atoms with Crippen LogP contribution in [-0.4, -0.2) is 12.1 Å². The fourth-order valence-corrected chi connectivity index (χ4v) is 0. The summed E-state index contributed by atoms with van der Waals surface area (Å²) in [5, 5.41) is 0. The van der Waals surface area contributed by atoms with E-state index in [1.165, 1.54) is 0 Å². The number of hydrogen-bond acceptors (Lipinski definition) is 0. The molecule has 1 unspecified atom stereocenters. The maximum absolute atomic E-state index is 10.8. The van der Waals surface area contributed by atoms with E-state index in [2.05, 4.69) is 11.6 Å². The molecule has 7 heavy (non-hydrogen) atoms. The average Bonchev–Trinajstić information content (AvgIpc) is 1.36. The van der Waals surface area contributed by atoms with Crippen molar-refractivity contribution in [2.24, 2.45) is 0 Å². The first-order chi connectivity index (χ1) is 2.64. The molecule has 0 rings (SSSR count). The molecule has 1 atom stereocenters. The van der Waals surface area contributed by atoms with Crippen molar-refractivity contribution in [2.75, 3.05) is 0 Å². The summed E-state index contributed by atoms with van der Waals surface area (Å²) in [5.74, 6) is 0. The lowest BCUT2D eigenvalue weighted by Crippen LogP contribution is -2.01. The van der Waals surface area contributed by atoms with E-state index in [0.29, 0.717) is 0 Å². The van der Waals surface area contributed by atoms with Gasteiger partial charge in [-0.15, -0.1) is 0 Å². The Morgan fingerprint density at radius 3 is 1.29 bits per heavy atom. The Morgan fingerprint density at radius 2 is 1.29 bits per heavy atom. The topological polar surface area (TPSA) is 0 Å². The Hall–Kier alpha value is 0.01000. The van der Waals surface area contributed by atoms with E-state index in [4.69, 9.17) is 0 Å². The highest BCUT2D eigenvalue weighted by Gasteiger charge is 2.13. The van der Waals surface area contributed by atoms with E-state index in [9.17, 15) is 13.2 Å². The predicted molar refractivity (Wildman–Crippen MR) is 19.3 cm³/mol. The van der Waals surface area contributed by atoms with Crippen LogP contribution in [0.15, 0.2) is 0 Å². The van der Waals surface area contributed by atoms with Crippen LogP contribution < -0.4 is 0 Å². The molecular formula is C2H3ClF4. The Labute approximate surface area is 42.6 Å². The van der Waals surface area contributed by atoms with E-state index in [1.807, 2.05) is 0 Å². The van der Waals surface area contributed by atoms with Gasteiger partial charge in [-0.2, -0.15) is 0 Å². The Balaban J connectivity index is 0. The van der Waals surface area contributed by atoms with E-state index in [1.54, 1.807) is 0 Å². The third-order valence-corrected chi connectivity index (χ3v) is 0.381. The molecule has 0 spiro atoms. The summed E-state index contributed by atoms with van der Waals surface area (Å²) in [6.07, 6.45) is -3.05. The molecule has 0 heterocycles. The van der Waals surface area contributed by atoms with Crippen LogP contribution in [0.4, 0.5) is 17.9 Å². The first-order valence-corrected chi connectivity index (χ1v) is 1.64. The molecule has 46 valence electrons. The van der Waals surface area contributed by atoms with E-state index in [-0.39, 0.29) is 4.70 Å². The van der Waals surface area contributed by atoms with Crippen LogP contribution in [0.1, 0.15) is 0 Å². The van der Waals surface area contributed by atoms with Crippen LogP contribution in [0.3, 0.4) is 0 Å². The van der Waals surface area contributed by atoms with Gasteiger partial charge >= 0.3 is 0 Å². The summed E-state index contributed by atoms with van der Waals surface area (Å²) in [4.78, 5) is 0. The van der Waals surface area contributed by atoms with Gasteiger partial charge in [0.05, 0.1) is 0 Å². The van der Waals surface area contributed by atoms with Crippen LogP contribution in [0, 0.1) is 0 Å². The van der Waals surface area contributed by atoms with Crippen molar-refractivity contribution in [3.8, 4) is 0 Å². The fourth-order valence-electron chi connectivity index (χ4n) is 0. The highest BCUT2D eigenvalue weighted by atomic mass is 35.5. The van der Waals surface area contributed by atoms with Crippen molar-refractivity contribution in [1.82, 2.24) is 0 Å². The molecule has 0 saturated carbocycles. The molecule has 0 aliphatic rings. The van der Waals surface area contributed by atoms with Gasteiger partial charge in [-0.3, -0.25) is 4.70 Å². The van der Waals surface area contributed by atoms with Crippen molar-refractivity contribution in [3.05, 3.63) is 0 Å². The number of alkyl halides is 4. The van der Waals surface area contributed by atoms with Gasteiger partial charge in [-0.25, -0.2) is 13.2 Å². The van der Waals surface area contributed by atoms with Gasteiger partial charge in [-0.1, -0.05) is 11.6 Å². The minimum absolute atomic E-state index is 0. The fraction of sp³-hybridized carbons (Fsp3) is 1.00. The monoisotopic (exact) mass is 138 g/mol. The molecule has 0 aliphatic carbocycles. The molecule has 0 aromatic carbocycles. The molecule has 0 fully saturated rings. The SMILES string of the molecule is F.FC(F)C(F)Cl. The van der Waals surface area contributed by atoms with Gasteiger partial charge in [0.15, 0.2) is 0 Å². The molecule has 0 saturated heterocycles. The van der Waals surface area contributed by atoms with Crippen LogP contribution in [0.2, 0.25) is 0 Å². The third kappa shape index (κ3) is 6.01. The summed E-state index contributed by atoms with van der Waals surface area (Å²) in [6, 6.07) is 0. The molecule has 0 aromatic rings. The lowest BCUT2D eigenvalue weighted by molar-refractivity contribution is 0.0916.